The number of benzene rings is 1. The molecule has 1 aromatic heterocycles. The number of likely N-dealkylation sites (tertiary alicyclic amines) is 1. The zero-order chi connectivity index (χ0) is 16.9. The third-order valence-corrected chi connectivity index (χ3v) is 5.26. The van der Waals surface area contributed by atoms with Crippen molar-refractivity contribution in [2.75, 3.05) is 13.1 Å². The van der Waals surface area contributed by atoms with Gasteiger partial charge in [0.25, 0.3) is 5.91 Å². The molecule has 1 saturated heterocycles. The first-order valence-electron chi connectivity index (χ1n) is 8.37. The van der Waals surface area contributed by atoms with Crippen molar-refractivity contribution >= 4 is 17.2 Å². The van der Waals surface area contributed by atoms with Gasteiger partial charge in [-0.3, -0.25) is 14.5 Å². The molecule has 0 unspecified atom stereocenters. The smallest absolute Gasteiger partial charge is 0.305 e. The maximum Gasteiger partial charge on any atom is 0.305 e. The van der Waals surface area contributed by atoms with E-state index in [9.17, 15) is 9.59 Å². The third-order valence-electron chi connectivity index (χ3n) is 4.59. The van der Waals surface area contributed by atoms with E-state index in [2.05, 4.69) is 34.3 Å². The van der Waals surface area contributed by atoms with Crippen LogP contribution in [0.3, 0.4) is 0 Å². The maximum atomic E-state index is 12.1. The number of hydrogen-bond acceptors (Lipinski definition) is 4. The van der Waals surface area contributed by atoms with Gasteiger partial charge in [0.15, 0.2) is 0 Å². The highest BCUT2D eigenvalue weighted by Crippen LogP contribution is 2.19. The second-order valence-electron chi connectivity index (χ2n) is 6.47. The molecule has 1 aliphatic rings. The highest BCUT2D eigenvalue weighted by molar-refractivity contribution is 7.07. The Labute approximate surface area is 145 Å². The van der Waals surface area contributed by atoms with Gasteiger partial charge in [0.2, 0.25) is 0 Å². The average Bonchev–Trinajstić information content (AvgIpc) is 3.02. The van der Waals surface area contributed by atoms with Gasteiger partial charge in [-0.1, -0.05) is 42.5 Å². The molecule has 1 fully saturated rings. The van der Waals surface area contributed by atoms with Crippen LogP contribution in [0.15, 0.2) is 34.4 Å². The molecular formula is C18H23N3O2S. The van der Waals surface area contributed by atoms with Crippen molar-refractivity contribution in [2.45, 2.75) is 32.9 Å². The molecule has 0 saturated carbocycles. The summed E-state index contributed by atoms with van der Waals surface area (Å²) in [6.45, 7) is 5.98. The van der Waals surface area contributed by atoms with Gasteiger partial charge in [-0.25, -0.2) is 0 Å². The van der Waals surface area contributed by atoms with Crippen LogP contribution in [0.1, 0.15) is 41.4 Å². The lowest BCUT2D eigenvalue weighted by Gasteiger charge is -2.30. The minimum Gasteiger partial charge on any atom is -0.347 e. The number of piperidine rings is 1. The van der Waals surface area contributed by atoms with Crippen LogP contribution in [0.2, 0.25) is 0 Å². The van der Waals surface area contributed by atoms with Crippen molar-refractivity contribution in [3.8, 4) is 0 Å². The number of aromatic amines is 1. The van der Waals surface area contributed by atoms with E-state index in [0.717, 1.165) is 42.5 Å². The summed E-state index contributed by atoms with van der Waals surface area (Å²) in [7, 11) is 0. The van der Waals surface area contributed by atoms with Crippen LogP contribution >= 0.6 is 11.3 Å². The molecule has 1 aromatic carbocycles. The summed E-state index contributed by atoms with van der Waals surface area (Å²) in [5.74, 6) is 0.582. The zero-order valence-corrected chi connectivity index (χ0v) is 14.7. The molecule has 0 spiro atoms. The number of aromatic nitrogens is 1. The molecule has 5 nitrogen and oxygen atoms in total. The Bertz CT molecular complexity index is 744. The van der Waals surface area contributed by atoms with E-state index in [4.69, 9.17) is 0 Å². The van der Waals surface area contributed by atoms with Gasteiger partial charge < -0.3 is 10.3 Å². The second kappa shape index (κ2) is 7.77. The lowest BCUT2D eigenvalue weighted by atomic mass is 9.98. The Kier molecular flexibility index (Phi) is 5.48. The Morgan fingerprint density at radius 3 is 2.67 bits per heavy atom. The lowest BCUT2D eigenvalue weighted by Crippen LogP contribution is -2.33. The quantitative estimate of drug-likeness (QED) is 0.875. The van der Waals surface area contributed by atoms with Gasteiger partial charge >= 0.3 is 4.87 Å². The predicted molar refractivity (Wildman–Crippen MR) is 96.2 cm³/mol. The molecule has 3 rings (SSSR count). The van der Waals surface area contributed by atoms with Crippen molar-refractivity contribution in [3.63, 3.8) is 0 Å². The molecule has 24 heavy (non-hydrogen) atoms. The van der Waals surface area contributed by atoms with E-state index in [1.165, 1.54) is 18.4 Å². The highest BCUT2D eigenvalue weighted by Gasteiger charge is 2.17. The number of amides is 1. The van der Waals surface area contributed by atoms with Crippen molar-refractivity contribution in [1.82, 2.24) is 15.2 Å². The summed E-state index contributed by atoms with van der Waals surface area (Å²) >= 11 is 1.00. The highest BCUT2D eigenvalue weighted by atomic mass is 32.1. The van der Waals surface area contributed by atoms with Gasteiger partial charge in [-0.2, -0.15) is 0 Å². The average molecular weight is 345 g/mol. The van der Waals surface area contributed by atoms with Crippen molar-refractivity contribution < 1.29 is 4.79 Å². The molecule has 6 heteroatoms. The molecule has 0 aliphatic carbocycles. The summed E-state index contributed by atoms with van der Waals surface area (Å²) in [6, 6.07) is 8.23. The first-order valence-corrected chi connectivity index (χ1v) is 9.25. The van der Waals surface area contributed by atoms with Crippen LogP contribution < -0.4 is 10.2 Å². The second-order valence-corrected chi connectivity index (χ2v) is 7.31. The summed E-state index contributed by atoms with van der Waals surface area (Å²) in [6.07, 6.45) is 2.51. The number of rotatable bonds is 5. The molecule has 0 radical (unpaired) electrons. The largest absolute Gasteiger partial charge is 0.347 e. The number of thiazole rings is 1. The van der Waals surface area contributed by atoms with E-state index in [-0.39, 0.29) is 10.8 Å². The monoisotopic (exact) mass is 345 g/mol. The van der Waals surface area contributed by atoms with Crippen LogP contribution in [-0.2, 0) is 13.1 Å². The number of carbonyl (C=O) groups excluding carboxylic acids is 1. The molecule has 1 amide bonds. The van der Waals surface area contributed by atoms with Gasteiger partial charge in [-0.15, -0.1) is 0 Å². The number of hydrogen-bond donors (Lipinski definition) is 2. The number of carbonyl (C=O) groups is 1. The Morgan fingerprint density at radius 1 is 1.29 bits per heavy atom. The first-order chi connectivity index (χ1) is 11.6. The molecular weight excluding hydrogens is 322 g/mol. The standard InChI is InChI=1S/C18H23N3O2S/c1-13-6-8-21(9-7-13)11-15-5-3-2-4-14(15)10-19-17(22)16-12-24-18(23)20-16/h2-5,12-13H,6-11H2,1H3,(H,19,22)(H,20,23). The molecule has 2 heterocycles. The first kappa shape index (κ1) is 16.9. The topological polar surface area (TPSA) is 65.2 Å². The van der Waals surface area contributed by atoms with Gasteiger partial charge in [0.05, 0.1) is 0 Å². The van der Waals surface area contributed by atoms with E-state index < -0.39 is 0 Å². The van der Waals surface area contributed by atoms with Crippen LogP contribution in [0.25, 0.3) is 0 Å². The fourth-order valence-electron chi connectivity index (χ4n) is 3.01. The van der Waals surface area contributed by atoms with Crippen molar-refractivity contribution in [3.05, 3.63) is 56.1 Å². The summed E-state index contributed by atoms with van der Waals surface area (Å²) in [4.78, 5) is 28.0. The molecule has 1 aliphatic heterocycles. The van der Waals surface area contributed by atoms with Crippen LogP contribution in [0.5, 0.6) is 0 Å². The number of H-pyrrole nitrogens is 1. The van der Waals surface area contributed by atoms with E-state index in [0.29, 0.717) is 12.2 Å². The number of nitrogens with zero attached hydrogens (tertiary/aromatic N) is 1. The molecule has 2 N–H and O–H groups in total. The van der Waals surface area contributed by atoms with E-state index >= 15 is 0 Å². The minimum absolute atomic E-state index is 0.208. The van der Waals surface area contributed by atoms with Gasteiger partial charge in [0.1, 0.15) is 5.69 Å². The summed E-state index contributed by atoms with van der Waals surface area (Å²) in [5.41, 5.74) is 2.71. The summed E-state index contributed by atoms with van der Waals surface area (Å²) in [5, 5.41) is 4.45. The minimum atomic E-state index is -0.241. The Hall–Kier alpha value is -1.92. The van der Waals surface area contributed by atoms with Crippen molar-refractivity contribution in [1.29, 1.82) is 0 Å². The fourth-order valence-corrected chi connectivity index (χ4v) is 3.57. The molecule has 128 valence electrons. The van der Waals surface area contributed by atoms with Crippen LogP contribution in [0.4, 0.5) is 0 Å². The maximum absolute atomic E-state index is 12.1. The van der Waals surface area contributed by atoms with E-state index in [1.807, 2.05) is 12.1 Å². The zero-order valence-electron chi connectivity index (χ0n) is 13.9. The summed E-state index contributed by atoms with van der Waals surface area (Å²) < 4.78 is 0. The molecule has 2 aromatic rings. The molecule has 0 bridgehead atoms. The molecule has 0 atom stereocenters. The van der Waals surface area contributed by atoms with Crippen molar-refractivity contribution in [2.24, 2.45) is 5.92 Å². The lowest BCUT2D eigenvalue weighted by molar-refractivity contribution is 0.0946. The Balaban J connectivity index is 1.61. The van der Waals surface area contributed by atoms with Crippen LogP contribution in [-0.4, -0.2) is 28.9 Å². The van der Waals surface area contributed by atoms with E-state index in [1.54, 1.807) is 5.38 Å². The van der Waals surface area contributed by atoms with Gasteiger partial charge in [0, 0.05) is 18.5 Å². The van der Waals surface area contributed by atoms with Crippen LogP contribution in [0, 0.1) is 5.92 Å². The SMILES string of the molecule is CC1CCN(Cc2ccccc2CNC(=O)c2csc(=O)[nH]2)CC1. The fraction of sp³-hybridized carbons (Fsp3) is 0.444. The van der Waals surface area contributed by atoms with Gasteiger partial charge in [-0.05, 0) is 43.0 Å². The third kappa shape index (κ3) is 4.33. The normalized spacial score (nSPS) is 16.2. The number of nitrogens with one attached hydrogen (secondary N) is 2. The predicted octanol–water partition coefficient (Wildman–Crippen LogP) is 2.60. The Morgan fingerprint density at radius 2 is 2.00 bits per heavy atom.